The predicted molar refractivity (Wildman–Crippen MR) is 79.4 cm³/mol. The van der Waals surface area contributed by atoms with Gasteiger partial charge in [0.25, 0.3) is 0 Å². The summed E-state index contributed by atoms with van der Waals surface area (Å²) in [7, 11) is 0. The number of fused-ring (bicyclic) bond motifs is 1. The van der Waals surface area contributed by atoms with Crippen molar-refractivity contribution in [2.75, 3.05) is 13.1 Å². The SMILES string of the molecule is CC1CC2(CCN1)CN1C(CC[C@H]1c1ccccc1)O2. The molecule has 0 aliphatic carbocycles. The molecule has 1 aromatic carbocycles. The number of nitrogens with one attached hydrogen (secondary N) is 1. The van der Waals surface area contributed by atoms with Crippen LogP contribution in [0.5, 0.6) is 0 Å². The molecule has 1 N–H and O–H groups in total. The molecule has 4 atom stereocenters. The van der Waals surface area contributed by atoms with Crippen molar-refractivity contribution in [2.45, 2.75) is 56.5 Å². The molecule has 20 heavy (non-hydrogen) atoms. The van der Waals surface area contributed by atoms with E-state index in [0.29, 0.717) is 18.3 Å². The molecule has 0 saturated carbocycles. The summed E-state index contributed by atoms with van der Waals surface area (Å²) in [6.07, 6.45) is 5.08. The van der Waals surface area contributed by atoms with Crippen molar-refractivity contribution in [1.82, 2.24) is 10.2 Å². The third kappa shape index (κ3) is 2.09. The second-order valence-corrected chi connectivity index (χ2v) is 6.74. The highest BCUT2D eigenvalue weighted by Gasteiger charge is 2.51. The molecule has 0 radical (unpaired) electrons. The van der Waals surface area contributed by atoms with Crippen molar-refractivity contribution in [3.8, 4) is 0 Å². The van der Waals surface area contributed by atoms with E-state index in [9.17, 15) is 0 Å². The molecule has 3 unspecified atom stereocenters. The van der Waals surface area contributed by atoms with Crippen LogP contribution in [0.3, 0.4) is 0 Å². The van der Waals surface area contributed by atoms with Gasteiger partial charge in [-0.25, -0.2) is 0 Å². The summed E-state index contributed by atoms with van der Waals surface area (Å²) in [5.41, 5.74) is 1.57. The third-order valence-corrected chi connectivity index (χ3v) is 5.25. The Morgan fingerprint density at radius 3 is 2.90 bits per heavy atom. The highest BCUT2D eigenvalue weighted by Crippen LogP contribution is 2.46. The van der Waals surface area contributed by atoms with Crippen molar-refractivity contribution in [3.05, 3.63) is 35.9 Å². The summed E-state index contributed by atoms with van der Waals surface area (Å²) in [6.45, 7) is 4.49. The van der Waals surface area contributed by atoms with Crippen LogP contribution in [0.2, 0.25) is 0 Å². The average Bonchev–Trinajstić information content (AvgIpc) is 2.96. The van der Waals surface area contributed by atoms with Crippen LogP contribution in [0.4, 0.5) is 0 Å². The summed E-state index contributed by atoms with van der Waals surface area (Å²) in [4.78, 5) is 2.62. The van der Waals surface area contributed by atoms with E-state index >= 15 is 0 Å². The van der Waals surface area contributed by atoms with Gasteiger partial charge in [-0.1, -0.05) is 30.3 Å². The van der Waals surface area contributed by atoms with Crippen LogP contribution in [0, 0.1) is 0 Å². The van der Waals surface area contributed by atoms with Gasteiger partial charge in [-0.2, -0.15) is 0 Å². The Morgan fingerprint density at radius 1 is 1.25 bits per heavy atom. The number of hydrogen-bond donors (Lipinski definition) is 1. The van der Waals surface area contributed by atoms with E-state index in [1.807, 2.05) is 0 Å². The first kappa shape index (κ1) is 12.8. The molecular weight excluding hydrogens is 248 g/mol. The van der Waals surface area contributed by atoms with Gasteiger partial charge in [-0.15, -0.1) is 0 Å². The van der Waals surface area contributed by atoms with Crippen molar-refractivity contribution < 1.29 is 4.74 Å². The van der Waals surface area contributed by atoms with Crippen LogP contribution in [0.15, 0.2) is 30.3 Å². The van der Waals surface area contributed by atoms with Crippen LogP contribution >= 0.6 is 0 Å². The monoisotopic (exact) mass is 272 g/mol. The summed E-state index contributed by atoms with van der Waals surface area (Å²) in [5, 5.41) is 3.54. The topological polar surface area (TPSA) is 24.5 Å². The zero-order valence-electron chi connectivity index (χ0n) is 12.2. The number of nitrogens with zero attached hydrogens (tertiary/aromatic N) is 1. The van der Waals surface area contributed by atoms with E-state index in [1.54, 1.807) is 0 Å². The van der Waals surface area contributed by atoms with E-state index in [1.165, 1.54) is 18.4 Å². The summed E-state index contributed by atoms with van der Waals surface area (Å²) < 4.78 is 6.52. The summed E-state index contributed by atoms with van der Waals surface area (Å²) >= 11 is 0. The van der Waals surface area contributed by atoms with Crippen LogP contribution in [-0.2, 0) is 4.74 Å². The number of ether oxygens (including phenoxy) is 1. The normalized spacial score (nSPS) is 41.1. The Hall–Kier alpha value is -0.900. The van der Waals surface area contributed by atoms with E-state index < -0.39 is 0 Å². The largest absolute Gasteiger partial charge is 0.355 e. The quantitative estimate of drug-likeness (QED) is 0.850. The van der Waals surface area contributed by atoms with Crippen molar-refractivity contribution in [3.63, 3.8) is 0 Å². The second kappa shape index (κ2) is 4.83. The fourth-order valence-corrected chi connectivity index (χ4v) is 4.39. The first-order valence-corrected chi connectivity index (χ1v) is 7.98. The van der Waals surface area contributed by atoms with Crippen molar-refractivity contribution >= 4 is 0 Å². The maximum atomic E-state index is 6.52. The lowest BCUT2D eigenvalue weighted by Gasteiger charge is -2.37. The van der Waals surface area contributed by atoms with Crippen LogP contribution in [-0.4, -0.2) is 35.9 Å². The molecule has 4 rings (SSSR count). The van der Waals surface area contributed by atoms with Gasteiger partial charge in [0.2, 0.25) is 0 Å². The molecule has 1 spiro atoms. The second-order valence-electron chi connectivity index (χ2n) is 6.74. The molecule has 3 saturated heterocycles. The van der Waals surface area contributed by atoms with E-state index in [-0.39, 0.29) is 5.60 Å². The van der Waals surface area contributed by atoms with Crippen molar-refractivity contribution in [1.29, 1.82) is 0 Å². The van der Waals surface area contributed by atoms with E-state index in [4.69, 9.17) is 4.74 Å². The zero-order chi connectivity index (χ0) is 13.6. The third-order valence-electron chi connectivity index (χ3n) is 5.25. The molecule has 3 heterocycles. The average molecular weight is 272 g/mol. The Bertz CT molecular complexity index is 477. The minimum absolute atomic E-state index is 0.114. The van der Waals surface area contributed by atoms with Gasteiger partial charge in [0.1, 0.15) is 6.23 Å². The van der Waals surface area contributed by atoms with Gasteiger partial charge in [0.05, 0.1) is 5.60 Å². The predicted octanol–water partition coefficient (Wildman–Crippen LogP) is 2.69. The molecule has 3 fully saturated rings. The molecule has 0 aromatic heterocycles. The number of hydrogen-bond acceptors (Lipinski definition) is 3. The van der Waals surface area contributed by atoms with Crippen LogP contribution < -0.4 is 5.32 Å². The van der Waals surface area contributed by atoms with Gasteiger partial charge in [0, 0.05) is 18.6 Å². The highest BCUT2D eigenvalue weighted by atomic mass is 16.5. The fraction of sp³-hybridized carbons (Fsp3) is 0.647. The van der Waals surface area contributed by atoms with Gasteiger partial charge in [-0.05, 0) is 44.7 Å². The first-order valence-electron chi connectivity index (χ1n) is 7.98. The van der Waals surface area contributed by atoms with E-state index in [0.717, 1.165) is 25.9 Å². The lowest BCUT2D eigenvalue weighted by atomic mass is 9.87. The summed E-state index contributed by atoms with van der Waals surface area (Å²) in [6, 6.07) is 12.1. The van der Waals surface area contributed by atoms with Crippen LogP contribution in [0.1, 0.15) is 44.2 Å². The molecule has 3 nitrogen and oxygen atoms in total. The molecule has 3 aliphatic heterocycles. The molecule has 108 valence electrons. The van der Waals surface area contributed by atoms with Gasteiger partial charge < -0.3 is 10.1 Å². The van der Waals surface area contributed by atoms with Gasteiger partial charge >= 0.3 is 0 Å². The smallest absolute Gasteiger partial charge is 0.112 e. The number of rotatable bonds is 1. The number of piperidine rings is 1. The Balaban J connectivity index is 1.55. The first-order chi connectivity index (χ1) is 9.76. The van der Waals surface area contributed by atoms with Gasteiger partial charge in [-0.3, -0.25) is 4.90 Å². The lowest BCUT2D eigenvalue weighted by molar-refractivity contribution is -0.0707. The summed E-state index contributed by atoms with van der Waals surface area (Å²) in [5.74, 6) is 0. The standard InChI is InChI=1S/C17H24N2O/c1-13-11-17(9-10-18-13)12-19-15(7-8-16(19)20-17)14-5-3-2-4-6-14/h2-6,13,15-16,18H,7-12H2,1H3/t13?,15-,16?,17?/m0/s1. The maximum absolute atomic E-state index is 6.52. The molecule has 3 aliphatic rings. The highest BCUT2D eigenvalue weighted by molar-refractivity contribution is 5.21. The van der Waals surface area contributed by atoms with Gasteiger partial charge in [0.15, 0.2) is 0 Å². The van der Waals surface area contributed by atoms with E-state index in [2.05, 4.69) is 47.5 Å². The Morgan fingerprint density at radius 2 is 2.10 bits per heavy atom. The Labute approximate surface area is 121 Å². The minimum Gasteiger partial charge on any atom is -0.355 e. The molecule has 1 aromatic rings. The molecule has 0 amide bonds. The Kier molecular flexibility index (Phi) is 3.09. The van der Waals surface area contributed by atoms with Crippen molar-refractivity contribution in [2.24, 2.45) is 0 Å². The molecule has 0 bridgehead atoms. The lowest BCUT2D eigenvalue weighted by Crippen LogP contribution is -2.49. The fourth-order valence-electron chi connectivity index (χ4n) is 4.39. The number of benzene rings is 1. The molecular formula is C17H24N2O. The minimum atomic E-state index is 0.114. The maximum Gasteiger partial charge on any atom is 0.112 e. The van der Waals surface area contributed by atoms with Crippen LogP contribution in [0.25, 0.3) is 0 Å². The zero-order valence-corrected chi connectivity index (χ0v) is 12.2. The molecule has 3 heteroatoms.